The van der Waals surface area contributed by atoms with Crippen molar-refractivity contribution < 1.29 is 9.59 Å². The summed E-state index contributed by atoms with van der Waals surface area (Å²) in [6, 6.07) is -0.513. The second-order valence-electron chi connectivity index (χ2n) is 5.42. The zero-order valence-corrected chi connectivity index (χ0v) is 13.1. The van der Waals surface area contributed by atoms with E-state index >= 15 is 0 Å². The number of carbonyl (C=O) groups is 2. The van der Waals surface area contributed by atoms with E-state index in [9.17, 15) is 9.59 Å². The molecule has 1 radical (unpaired) electrons. The molecule has 1 aliphatic carbocycles. The van der Waals surface area contributed by atoms with Gasteiger partial charge < -0.3 is 11.5 Å². The summed E-state index contributed by atoms with van der Waals surface area (Å²) >= 11 is 1.21. The summed E-state index contributed by atoms with van der Waals surface area (Å²) in [6.45, 7) is 0.680. The Hall–Kier alpha value is -0.390. The summed E-state index contributed by atoms with van der Waals surface area (Å²) in [5, 5.41) is 0.138. The SMILES string of the molecule is NCCCCCC(=O)SC[C@H](N)C(=O)[C]1CCCCC1. The van der Waals surface area contributed by atoms with Crippen molar-refractivity contribution in [1.29, 1.82) is 0 Å². The van der Waals surface area contributed by atoms with Crippen LogP contribution in [0.15, 0.2) is 0 Å². The first-order chi connectivity index (χ1) is 9.65. The largest absolute Gasteiger partial charge is 0.330 e. The maximum atomic E-state index is 12.1. The fraction of sp³-hybridized carbons (Fsp3) is 0.800. The van der Waals surface area contributed by atoms with Crippen LogP contribution < -0.4 is 11.5 Å². The standard InChI is InChI=1S/C15H27N2O2S/c16-10-6-2-5-9-14(18)20-11-13(17)15(19)12-7-3-1-4-8-12/h13H,1-11,16-17H2/t13-/m0/s1. The van der Waals surface area contributed by atoms with Crippen molar-refractivity contribution in [2.45, 2.75) is 63.8 Å². The number of unbranched alkanes of at least 4 members (excludes halogenated alkanes) is 2. The van der Waals surface area contributed by atoms with E-state index in [4.69, 9.17) is 11.5 Å². The minimum atomic E-state index is -0.513. The molecule has 1 aliphatic rings. The number of thioether (sulfide) groups is 1. The molecule has 0 aromatic rings. The Morgan fingerprint density at radius 3 is 2.45 bits per heavy atom. The molecule has 1 atom stereocenters. The molecule has 1 saturated carbocycles. The van der Waals surface area contributed by atoms with Gasteiger partial charge in [-0.25, -0.2) is 0 Å². The second kappa shape index (κ2) is 10.4. The molecule has 1 fully saturated rings. The van der Waals surface area contributed by atoms with E-state index in [1.165, 1.54) is 18.2 Å². The molecule has 0 heterocycles. The molecule has 115 valence electrons. The van der Waals surface area contributed by atoms with Gasteiger partial charge in [-0.05, 0) is 32.2 Å². The Labute approximate surface area is 126 Å². The zero-order valence-electron chi connectivity index (χ0n) is 12.2. The Bertz CT molecular complexity index is 304. The second-order valence-corrected chi connectivity index (χ2v) is 6.49. The average molecular weight is 299 g/mol. The molecule has 0 saturated heterocycles. The summed E-state index contributed by atoms with van der Waals surface area (Å²) in [4.78, 5) is 23.8. The highest BCUT2D eigenvalue weighted by Gasteiger charge is 2.26. The smallest absolute Gasteiger partial charge is 0.189 e. The van der Waals surface area contributed by atoms with Gasteiger partial charge in [-0.3, -0.25) is 9.59 Å². The summed E-state index contributed by atoms with van der Waals surface area (Å²) in [5.41, 5.74) is 11.3. The van der Waals surface area contributed by atoms with Crippen molar-refractivity contribution in [3.05, 3.63) is 5.92 Å². The maximum absolute atomic E-state index is 12.1. The van der Waals surface area contributed by atoms with Crippen LogP contribution in [0, 0.1) is 5.92 Å². The van der Waals surface area contributed by atoms with E-state index in [1.807, 2.05) is 0 Å². The molecule has 0 spiro atoms. The predicted octanol–water partition coefficient (Wildman–Crippen LogP) is 2.20. The molecule has 1 rings (SSSR count). The third-order valence-corrected chi connectivity index (χ3v) is 4.70. The van der Waals surface area contributed by atoms with Gasteiger partial charge in [0, 0.05) is 18.1 Å². The van der Waals surface area contributed by atoms with Gasteiger partial charge in [0.25, 0.3) is 0 Å². The Balaban J connectivity index is 2.16. The third-order valence-electron chi connectivity index (χ3n) is 3.65. The highest BCUT2D eigenvalue weighted by molar-refractivity contribution is 8.13. The molecule has 5 heteroatoms. The lowest BCUT2D eigenvalue weighted by Crippen LogP contribution is -2.37. The van der Waals surface area contributed by atoms with Gasteiger partial charge in [0.1, 0.15) is 0 Å². The highest BCUT2D eigenvalue weighted by Crippen LogP contribution is 2.27. The van der Waals surface area contributed by atoms with Crippen LogP contribution in [0.2, 0.25) is 0 Å². The lowest BCUT2D eigenvalue weighted by molar-refractivity contribution is -0.118. The molecule has 0 aliphatic heterocycles. The van der Waals surface area contributed by atoms with Crippen LogP contribution in [0.1, 0.15) is 57.8 Å². The van der Waals surface area contributed by atoms with E-state index < -0.39 is 6.04 Å². The van der Waals surface area contributed by atoms with Crippen LogP contribution in [0.25, 0.3) is 0 Å². The van der Waals surface area contributed by atoms with E-state index in [-0.39, 0.29) is 10.9 Å². The number of carbonyl (C=O) groups excluding carboxylic acids is 2. The van der Waals surface area contributed by atoms with Gasteiger partial charge in [0.2, 0.25) is 0 Å². The fourth-order valence-electron chi connectivity index (χ4n) is 2.41. The number of ketones is 1. The fourth-order valence-corrected chi connectivity index (χ4v) is 3.21. The monoisotopic (exact) mass is 299 g/mol. The lowest BCUT2D eigenvalue weighted by Gasteiger charge is -2.22. The van der Waals surface area contributed by atoms with Crippen LogP contribution in [-0.2, 0) is 9.59 Å². The van der Waals surface area contributed by atoms with E-state index in [0.29, 0.717) is 18.7 Å². The molecule has 4 nitrogen and oxygen atoms in total. The highest BCUT2D eigenvalue weighted by atomic mass is 32.2. The summed E-state index contributed by atoms with van der Waals surface area (Å²) in [5.74, 6) is 1.48. The van der Waals surface area contributed by atoms with Gasteiger partial charge in [-0.1, -0.05) is 37.4 Å². The van der Waals surface area contributed by atoms with Crippen molar-refractivity contribution in [2.24, 2.45) is 11.5 Å². The number of nitrogens with two attached hydrogens (primary N) is 2. The summed E-state index contributed by atoms with van der Waals surface area (Å²) in [7, 11) is 0. The van der Waals surface area contributed by atoms with E-state index in [0.717, 1.165) is 50.9 Å². The minimum absolute atomic E-state index is 0.0770. The van der Waals surface area contributed by atoms with E-state index in [2.05, 4.69) is 0 Å². The zero-order chi connectivity index (χ0) is 14.8. The number of Topliss-reactive ketones (excluding diaryl/α,β-unsaturated/α-hetero) is 1. The number of hydrogen-bond acceptors (Lipinski definition) is 5. The van der Waals surface area contributed by atoms with Crippen molar-refractivity contribution in [1.82, 2.24) is 0 Å². The maximum Gasteiger partial charge on any atom is 0.189 e. The molecular weight excluding hydrogens is 272 g/mol. The van der Waals surface area contributed by atoms with Crippen molar-refractivity contribution in [3.8, 4) is 0 Å². The Morgan fingerprint density at radius 2 is 1.80 bits per heavy atom. The summed E-state index contributed by atoms with van der Waals surface area (Å²) < 4.78 is 0. The molecular formula is C15H27N2O2S. The normalized spacial score (nSPS) is 17.9. The van der Waals surface area contributed by atoms with Crippen molar-refractivity contribution >= 4 is 22.7 Å². The average Bonchev–Trinajstić information content (AvgIpc) is 2.49. The predicted molar refractivity (Wildman–Crippen MR) is 84.3 cm³/mol. The first kappa shape index (κ1) is 17.7. The molecule has 0 aromatic carbocycles. The quantitative estimate of drug-likeness (QED) is 0.637. The number of hydrogen-bond donors (Lipinski definition) is 2. The molecule has 20 heavy (non-hydrogen) atoms. The van der Waals surface area contributed by atoms with Crippen LogP contribution in [0.5, 0.6) is 0 Å². The number of rotatable bonds is 9. The Morgan fingerprint density at radius 1 is 1.10 bits per heavy atom. The van der Waals surface area contributed by atoms with Gasteiger partial charge in [-0.15, -0.1) is 0 Å². The molecule has 0 amide bonds. The Kier molecular flexibility index (Phi) is 9.14. The molecule has 0 unspecified atom stereocenters. The summed E-state index contributed by atoms with van der Waals surface area (Å²) in [6.07, 6.45) is 8.59. The van der Waals surface area contributed by atoms with Crippen molar-refractivity contribution in [2.75, 3.05) is 12.3 Å². The van der Waals surface area contributed by atoms with Gasteiger partial charge in [0.15, 0.2) is 10.9 Å². The molecule has 0 aromatic heterocycles. The van der Waals surface area contributed by atoms with Gasteiger partial charge in [-0.2, -0.15) is 0 Å². The molecule has 4 N–H and O–H groups in total. The van der Waals surface area contributed by atoms with Crippen LogP contribution >= 0.6 is 11.8 Å². The van der Waals surface area contributed by atoms with Crippen LogP contribution in [0.3, 0.4) is 0 Å². The van der Waals surface area contributed by atoms with Crippen molar-refractivity contribution in [3.63, 3.8) is 0 Å². The lowest BCUT2D eigenvalue weighted by atomic mass is 9.84. The van der Waals surface area contributed by atoms with Crippen LogP contribution in [-0.4, -0.2) is 29.2 Å². The van der Waals surface area contributed by atoms with Gasteiger partial charge >= 0.3 is 0 Å². The molecule has 0 bridgehead atoms. The van der Waals surface area contributed by atoms with Crippen LogP contribution in [0.4, 0.5) is 0 Å². The first-order valence-electron chi connectivity index (χ1n) is 7.65. The third kappa shape index (κ3) is 6.86. The first-order valence-corrected chi connectivity index (χ1v) is 8.64. The topological polar surface area (TPSA) is 86.2 Å². The minimum Gasteiger partial charge on any atom is -0.330 e. The van der Waals surface area contributed by atoms with E-state index in [1.54, 1.807) is 0 Å². The van der Waals surface area contributed by atoms with Gasteiger partial charge in [0.05, 0.1) is 6.04 Å².